The third-order valence-electron chi connectivity index (χ3n) is 5.90. The summed E-state index contributed by atoms with van der Waals surface area (Å²) in [6.07, 6.45) is 3.21. The lowest BCUT2D eigenvalue weighted by atomic mass is 9.88. The number of esters is 1. The summed E-state index contributed by atoms with van der Waals surface area (Å²) < 4.78 is 17.0. The fourth-order valence-corrected chi connectivity index (χ4v) is 3.95. The van der Waals surface area contributed by atoms with E-state index in [1.54, 1.807) is 6.92 Å². The third kappa shape index (κ3) is 7.55. The third-order valence-corrected chi connectivity index (χ3v) is 5.90. The maximum absolute atomic E-state index is 12.9. The van der Waals surface area contributed by atoms with Crippen molar-refractivity contribution in [2.45, 2.75) is 65.6 Å². The Balaban J connectivity index is 2.09. The Morgan fingerprint density at radius 1 is 1.09 bits per heavy atom. The molecule has 0 aliphatic heterocycles. The number of benzene rings is 1. The standard InChI is InChI=1S/C27H37NO6/c1-6-15-33-23(7-2)21(17-20-11-9-8-10-12-20)19(4)34-27(31)18(3)16-22(29)25-26(30)24(32-5)13-14-28-25/h8-14,18-19,21,23,30H,6-7,15-17H2,1-5H3/t18-,19+,21+,23-/m1/s1. The molecule has 0 amide bonds. The molecule has 34 heavy (non-hydrogen) atoms. The Bertz CT molecular complexity index is 917. The lowest BCUT2D eigenvalue weighted by Crippen LogP contribution is -2.37. The number of carbonyl (C=O) groups is 2. The molecule has 0 saturated carbocycles. The van der Waals surface area contributed by atoms with E-state index in [0.717, 1.165) is 18.4 Å². The van der Waals surface area contributed by atoms with Crippen LogP contribution in [0, 0.1) is 11.8 Å². The molecule has 0 fully saturated rings. The Morgan fingerprint density at radius 2 is 1.79 bits per heavy atom. The summed E-state index contributed by atoms with van der Waals surface area (Å²) in [6, 6.07) is 11.5. The number of ketones is 1. The number of hydrogen-bond donors (Lipinski definition) is 1. The molecule has 7 heteroatoms. The maximum Gasteiger partial charge on any atom is 0.309 e. The van der Waals surface area contributed by atoms with Gasteiger partial charge in [0.1, 0.15) is 6.10 Å². The highest BCUT2D eigenvalue weighted by Crippen LogP contribution is 2.29. The topological polar surface area (TPSA) is 95.0 Å². The van der Waals surface area contributed by atoms with E-state index in [4.69, 9.17) is 14.2 Å². The molecule has 1 aromatic heterocycles. The number of aromatic hydroxyl groups is 1. The molecular weight excluding hydrogens is 434 g/mol. The Hall–Kier alpha value is -2.93. The Morgan fingerprint density at radius 3 is 2.41 bits per heavy atom. The van der Waals surface area contributed by atoms with E-state index in [1.807, 2.05) is 25.1 Å². The molecule has 186 valence electrons. The van der Waals surface area contributed by atoms with E-state index in [1.165, 1.54) is 19.4 Å². The van der Waals surface area contributed by atoms with E-state index in [-0.39, 0.29) is 35.6 Å². The second-order valence-electron chi connectivity index (χ2n) is 8.55. The highest BCUT2D eigenvalue weighted by molar-refractivity contribution is 5.99. The van der Waals surface area contributed by atoms with Gasteiger partial charge in [-0.2, -0.15) is 0 Å². The molecule has 1 heterocycles. The zero-order chi connectivity index (χ0) is 25.1. The van der Waals surface area contributed by atoms with Crippen molar-refractivity contribution in [1.29, 1.82) is 0 Å². The summed E-state index contributed by atoms with van der Waals surface area (Å²) in [5.74, 6) is -1.82. The molecule has 0 bridgehead atoms. The molecule has 1 N–H and O–H groups in total. The van der Waals surface area contributed by atoms with Crippen LogP contribution in [0.4, 0.5) is 0 Å². The number of rotatable bonds is 14. The first-order valence-corrected chi connectivity index (χ1v) is 11.9. The van der Waals surface area contributed by atoms with Gasteiger partial charge in [0.05, 0.1) is 19.1 Å². The first-order chi connectivity index (χ1) is 16.3. The van der Waals surface area contributed by atoms with Crippen molar-refractivity contribution >= 4 is 11.8 Å². The van der Waals surface area contributed by atoms with E-state index >= 15 is 0 Å². The van der Waals surface area contributed by atoms with Crippen LogP contribution in [0.15, 0.2) is 42.6 Å². The highest BCUT2D eigenvalue weighted by Gasteiger charge is 2.31. The van der Waals surface area contributed by atoms with Gasteiger partial charge in [-0.25, -0.2) is 4.98 Å². The Kier molecular flexibility index (Phi) is 11.0. The number of aromatic nitrogens is 1. The van der Waals surface area contributed by atoms with Gasteiger partial charge in [0, 0.05) is 31.2 Å². The number of nitrogens with zero attached hydrogens (tertiary/aromatic N) is 1. The van der Waals surface area contributed by atoms with Crippen LogP contribution in [0.5, 0.6) is 11.5 Å². The van der Waals surface area contributed by atoms with Crippen LogP contribution in [-0.2, 0) is 20.7 Å². The first kappa shape index (κ1) is 27.3. The summed E-state index contributed by atoms with van der Waals surface area (Å²) in [4.78, 5) is 29.5. The van der Waals surface area contributed by atoms with Gasteiger partial charge < -0.3 is 19.3 Å². The monoisotopic (exact) mass is 471 g/mol. The number of pyridine rings is 1. The lowest BCUT2D eigenvalue weighted by Gasteiger charge is -2.32. The molecular formula is C27H37NO6. The van der Waals surface area contributed by atoms with Crippen LogP contribution in [0.1, 0.15) is 63.0 Å². The molecule has 0 unspecified atom stereocenters. The van der Waals surface area contributed by atoms with Crippen LogP contribution in [-0.4, -0.2) is 47.8 Å². The van der Waals surface area contributed by atoms with Gasteiger partial charge in [0.15, 0.2) is 23.0 Å². The van der Waals surface area contributed by atoms with Crippen molar-refractivity contribution in [2.24, 2.45) is 11.8 Å². The fourth-order valence-electron chi connectivity index (χ4n) is 3.95. The summed E-state index contributed by atoms with van der Waals surface area (Å²) in [7, 11) is 1.39. The van der Waals surface area contributed by atoms with E-state index < -0.39 is 23.8 Å². The van der Waals surface area contributed by atoms with Gasteiger partial charge in [0.25, 0.3) is 0 Å². The van der Waals surface area contributed by atoms with Gasteiger partial charge in [-0.05, 0) is 31.7 Å². The van der Waals surface area contributed by atoms with E-state index in [0.29, 0.717) is 13.0 Å². The van der Waals surface area contributed by atoms with Crippen molar-refractivity contribution in [1.82, 2.24) is 4.98 Å². The molecule has 0 aliphatic rings. The predicted octanol–water partition coefficient (Wildman–Crippen LogP) is 5.00. The number of Topliss-reactive ketones (excluding diaryl/α,β-unsaturated/α-hetero) is 1. The molecule has 2 rings (SSSR count). The maximum atomic E-state index is 12.9. The molecule has 0 aliphatic carbocycles. The fraction of sp³-hybridized carbons (Fsp3) is 0.519. The molecule has 2 aromatic rings. The smallest absolute Gasteiger partial charge is 0.309 e. The van der Waals surface area contributed by atoms with Crippen molar-refractivity contribution < 1.29 is 28.9 Å². The highest BCUT2D eigenvalue weighted by atomic mass is 16.5. The van der Waals surface area contributed by atoms with Gasteiger partial charge >= 0.3 is 5.97 Å². The normalized spacial score (nSPS) is 14.6. The minimum Gasteiger partial charge on any atom is -0.503 e. The zero-order valence-corrected chi connectivity index (χ0v) is 20.8. The van der Waals surface area contributed by atoms with Crippen LogP contribution in [0.3, 0.4) is 0 Å². The van der Waals surface area contributed by atoms with Crippen molar-refractivity contribution in [3.8, 4) is 11.5 Å². The molecule has 0 radical (unpaired) electrons. The minimum absolute atomic E-state index is 0.0325. The van der Waals surface area contributed by atoms with Crippen molar-refractivity contribution in [2.75, 3.05) is 13.7 Å². The van der Waals surface area contributed by atoms with Crippen LogP contribution < -0.4 is 4.74 Å². The second kappa shape index (κ2) is 13.7. The average molecular weight is 472 g/mol. The first-order valence-electron chi connectivity index (χ1n) is 11.9. The number of ether oxygens (including phenoxy) is 3. The van der Waals surface area contributed by atoms with Gasteiger partial charge in [0.2, 0.25) is 0 Å². The van der Waals surface area contributed by atoms with Gasteiger partial charge in [-0.1, -0.05) is 51.1 Å². The molecule has 0 spiro atoms. The van der Waals surface area contributed by atoms with Crippen molar-refractivity contribution in [3.63, 3.8) is 0 Å². The zero-order valence-electron chi connectivity index (χ0n) is 20.8. The molecule has 4 atom stereocenters. The number of hydrogen-bond acceptors (Lipinski definition) is 7. The van der Waals surface area contributed by atoms with Crippen LogP contribution in [0.25, 0.3) is 0 Å². The van der Waals surface area contributed by atoms with Gasteiger partial charge in [-0.3, -0.25) is 9.59 Å². The van der Waals surface area contributed by atoms with Crippen LogP contribution >= 0.6 is 0 Å². The van der Waals surface area contributed by atoms with Crippen molar-refractivity contribution in [3.05, 3.63) is 53.9 Å². The number of methoxy groups -OCH3 is 1. The molecule has 0 saturated heterocycles. The number of carbonyl (C=O) groups excluding carboxylic acids is 2. The predicted molar refractivity (Wildman–Crippen MR) is 130 cm³/mol. The molecule has 7 nitrogen and oxygen atoms in total. The quantitative estimate of drug-likeness (QED) is 0.306. The summed E-state index contributed by atoms with van der Waals surface area (Å²) in [5, 5.41) is 10.2. The Labute approximate surface area is 202 Å². The van der Waals surface area contributed by atoms with Gasteiger partial charge in [-0.15, -0.1) is 0 Å². The lowest BCUT2D eigenvalue weighted by molar-refractivity contribution is -0.158. The molecule has 1 aromatic carbocycles. The average Bonchev–Trinajstić information content (AvgIpc) is 2.84. The largest absolute Gasteiger partial charge is 0.503 e. The van der Waals surface area contributed by atoms with E-state index in [9.17, 15) is 14.7 Å². The minimum atomic E-state index is -0.698. The second-order valence-corrected chi connectivity index (χ2v) is 8.55. The summed E-state index contributed by atoms with van der Waals surface area (Å²) >= 11 is 0. The van der Waals surface area contributed by atoms with Crippen LogP contribution in [0.2, 0.25) is 0 Å². The SMILES string of the molecule is CCCO[C@H](CC)[C@@H](Cc1ccccc1)[C@H](C)OC(=O)[C@H](C)CC(=O)c1nccc(OC)c1O. The van der Waals surface area contributed by atoms with E-state index in [2.05, 4.69) is 31.0 Å². The summed E-state index contributed by atoms with van der Waals surface area (Å²) in [5.41, 5.74) is 1.03. The summed E-state index contributed by atoms with van der Waals surface area (Å²) in [6.45, 7) is 8.30.